The third-order valence-electron chi connectivity index (χ3n) is 3.44. The predicted molar refractivity (Wildman–Crippen MR) is 77.0 cm³/mol. The molecule has 0 bridgehead atoms. The highest BCUT2D eigenvalue weighted by atomic mass is 16.3. The molecule has 1 rings (SSSR count). The predicted octanol–water partition coefficient (Wildman–Crippen LogP) is 0.0209. The Bertz CT molecular complexity index is 299. The number of aliphatic hydroxyl groups is 1. The maximum atomic E-state index is 12.2. The molecular weight excluding hydrogens is 242 g/mol. The highest BCUT2D eigenvalue weighted by Crippen LogP contribution is 2.03. The van der Waals surface area contributed by atoms with E-state index in [2.05, 4.69) is 16.4 Å². The van der Waals surface area contributed by atoms with Gasteiger partial charge < -0.3 is 10.0 Å². The molecule has 110 valence electrons. The fourth-order valence-corrected chi connectivity index (χ4v) is 2.31. The molecule has 5 heteroatoms. The molecule has 1 fully saturated rings. The van der Waals surface area contributed by atoms with E-state index in [0.717, 1.165) is 44.8 Å². The van der Waals surface area contributed by atoms with E-state index < -0.39 is 0 Å². The van der Waals surface area contributed by atoms with Crippen molar-refractivity contribution in [3.8, 4) is 0 Å². The average molecular weight is 269 g/mol. The first-order valence-electron chi connectivity index (χ1n) is 7.04. The van der Waals surface area contributed by atoms with Gasteiger partial charge in [0.2, 0.25) is 5.91 Å². The van der Waals surface area contributed by atoms with Crippen molar-refractivity contribution in [2.45, 2.75) is 13.8 Å². The Morgan fingerprint density at radius 1 is 1.26 bits per heavy atom. The lowest BCUT2D eigenvalue weighted by molar-refractivity contribution is -0.132. The summed E-state index contributed by atoms with van der Waals surface area (Å²) >= 11 is 0. The van der Waals surface area contributed by atoms with Crippen molar-refractivity contribution in [2.75, 3.05) is 59.0 Å². The van der Waals surface area contributed by atoms with Crippen LogP contribution in [0.3, 0.4) is 0 Å². The second-order valence-electron chi connectivity index (χ2n) is 5.21. The zero-order valence-electron chi connectivity index (χ0n) is 12.3. The minimum Gasteiger partial charge on any atom is -0.395 e. The fraction of sp³-hybridized carbons (Fsp3) is 0.786. The van der Waals surface area contributed by atoms with E-state index in [0.29, 0.717) is 13.1 Å². The van der Waals surface area contributed by atoms with Gasteiger partial charge in [0.05, 0.1) is 13.2 Å². The molecule has 19 heavy (non-hydrogen) atoms. The van der Waals surface area contributed by atoms with E-state index in [1.54, 1.807) is 0 Å². The minimum absolute atomic E-state index is 0.182. The van der Waals surface area contributed by atoms with E-state index in [-0.39, 0.29) is 12.5 Å². The molecule has 1 N–H and O–H groups in total. The van der Waals surface area contributed by atoms with E-state index in [1.165, 1.54) is 0 Å². The lowest BCUT2D eigenvalue weighted by Crippen LogP contribution is -2.50. The highest BCUT2D eigenvalue weighted by Gasteiger charge is 2.20. The molecule has 5 nitrogen and oxygen atoms in total. The van der Waals surface area contributed by atoms with Crippen molar-refractivity contribution in [2.24, 2.45) is 0 Å². The number of β-amino-alcohol motifs (C(OH)–C–C–N with tert-alkyl or cyclic N) is 1. The van der Waals surface area contributed by atoms with Crippen molar-refractivity contribution in [1.82, 2.24) is 14.7 Å². The summed E-state index contributed by atoms with van der Waals surface area (Å²) < 4.78 is 0. The standard InChI is InChI=1S/C14H27N3O2/c1-4-17(11-13(2)3)14(19)12-16-7-5-15(6-8-16)9-10-18/h18H,2,4-12H2,1,3H3. The van der Waals surface area contributed by atoms with Crippen molar-refractivity contribution < 1.29 is 9.90 Å². The molecular formula is C14H27N3O2. The van der Waals surface area contributed by atoms with Gasteiger partial charge in [0.25, 0.3) is 0 Å². The quantitative estimate of drug-likeness (QED) is 0.662. The minimum atomic E-state index is 0.182. The SMILES string of the molecule is C=C(C)CN(CC)C(=O)CN1CCN(CCO)CC1. The molecule has 0 unspecified atom stereocenters. The molecule has 0 aromatic rings. The molecule has 1 aliphatic rings. The maximum absolute atomic E-state index is 12.2. The number of nitrogens with zero attached hydrogens (tertiary/aromatic N) is 3. The van der Waals surface area contributed by atoms with Gasteiger partial charge >= 0.3 is 0 Å². The molecule has 0 saturated carbocycles. The summed E-state index contributed by atoms with van der Waals surface area (Å²) in [5.74, 6) is 0.182. The van der Waals surface area contributed by atoms with E-state index in [1.807, 2.05) is 18.7 Å². The highest BCUT2D eigenvalue weighted by molar-refractivity contribution is 5.78. The van der Waals surface area contributed by atoms with Crippen molar-refractivity contribution in [3.63, 3.8) is 0 Å². The van der Waals surface area contributed by atoms with Gasteiger partial charge in [-0.3, -0.25) is 14.6 Å². The van der Waals surface area contributed by atoms with Crippen molar-refractivity contribution >= 4 is 5.91 Å². The Kier molecular flexibility index (Phi) is 7.05. The Labute approximate surface area is 116 Å². The third kappa shape index (κ3) is 5.72. The average Bonchev–Trinajstić information content (AvgIpc) is 2.38. The number of aliphatic hydroxyl groups excluding tert-OH is 1. The zero-order chi connectivity index (χ0) is 14.3. The van der Waals surface area contributed by atoms with Gasteiger partial charge in [0.15, 0.2) is 0 Å². The number of rotatable bonds is 7. The summed E-state index contributed by atoms with van der Waals surface area (Å²) in [6.07, 6.45) is 0. The Morgan fingerprint density at radius 3 is 2.32 bits per heavy atom. The normalized spacial score (nSPS) is 17.4. The summed E-state index contributed by atoms with van der Waals surface area (Å²) in [6.45, 7) is 14.3. The van der Waals surface area contributed by atoms with E-state index >= 15 is 0 Å². The maximum Gasteiger partial charge on any atom is 0.237 e. The zero-order valence-corrected chi connectivity index (χ0v) is 12.3. The Balaban J connectivity index is 2.34. The van der Waals surface area contributed by atoms with Crippen molar-refractivity contribution in [1.29, 1.82) is 0 Å². The van der Waals surface area contributed by atoms with Gasteiger partial charge in [0.1, 0.15) is 0 Å². The van der Waals surface area contributed by atoms with Crippen LogP contribution in [0.2, 0.25) is 0 Å². The molecule has 1 heterocycles. The third-order valence-corrected chi connectivity index (χ3v) is 3.44. The summed E-state index contributed by atoms with van der Waals surface area (Å²) in [6, 6.07) is 0. The first kappa shape index (κ1) is 16.1. The molecule has 1 amide bonds. The van der Waals surface area contributed by atoms with Gasteiger partial charge in [-0.2, -0.15) is 0 Å². The van der Waals surface area contributed by atoms with Crippen LogP contribution in [-0.2, 0) is 4.79 Å². The molecule has 0 atom stereocenters. The molecule has 0 aromatic carbocycles. The molecule has 0 aliphatic carbocycles. The lowest BCUT2D eigenvalue weighted by Gasteiger charge is -2.35. The topological polar surface area (TPSA) is 47.0 Å². The van der Waals surface area contributed by atoms with Gasteiger partial charge in [-0.05, 0) is 13.8 Å². The molecule has 0 spiro atoms. The van der Waals surface area contributed by atoms with E-state index in [4.69, 9.17) is 5.11 Å². The number of amides is 1. The number of piperazine rings is 1. The van der Waals surface area contributed by atoms with Gasteiger partial charge in [-0.1, -0.05) is 12.2 Å². The summed E-state index contributed by atoms with van der Waals surface area (Å²) in [7, 11) is 0. The first-order valence-corrected chi connectivity index (χ1v) is 7.04. The second-order valence-corrected chi connectivity index (χ2v) is 5.21. The number of hydrogen-bond acceptors (Lipinski definition) is 4. The molecule has 0 radical (unpaired) electrons. The lowest BCUT2D eigenvalue weighted by atomic mass is 10.2. The van der Waals surface area contributed by atoms with Crippen LogP contribution in [0.4, 0.5) is 0 Å². The number of likely N-dealkylation sites (N-methyl/N-ethyl adjacent to an activating group) is 1. The second kappa shape index (κ2) is 8.30. The molecule has 1 aliphatic heterocycles. The van der Waals surface area contributed by atoms with Crippen LogP contribution in [0.15, 0.2) is 12.2 Å². The van der Waals surface area contributed by atoms with Gasteiger partial charge in [-0.25, -0.2) is 0 Å². The van der Waals surface area contributed by atoms with Crippen LogP contribution in [0, 0.1) is 0 Å². The van der Waals surface area contributed by atoms with Crippen molar-refractivity contribution in [3.05, 3.63) is 12.2 Å². The Hall–Kier alpha value is -0.910. The fourth-order valence-electron chi connectivity index (χ4n) is 2.31. The largest absolute Gasteiger partial charge is 0.395 e. The van der Waals surface area contributed by atoms with Crippen LogP contribution in [0.25, 0.3) is 0 Å². The summed E-state index contributed by atoms with van der Waals surface area (Å²) in [5.41, 5.74) is 1.02. The van der Waals surface area contributed by atoms with Crippen LogP contribution in [0.1, 0.15) is 13.8 Å². The van der Waals surface area contributed by atoms with Crippen LogP contribution < -0.4 is 0 Å². The number of hydrogen-bond donors (Lipinski definition) is 1. The summed E-state index contributed by atoms with van der Waals surface area (Å²) in [5, 5.41) is 8.89. The van der Waals surface area contributed by atoms with Gasteiger partial charge in [-0.15, -0.1) is 0 Å². The van der Waals surface area contributed by atoms with Gasteiger partial charge in [0, 0.05) is 45.8 Å². The van der Waals surface area contributed by atoms with E-state index in [9.17, 15) is 4.79 Å². The number of carbonyl (C=O) groups is 1. The molecule has 1 saturated heterocycles. The summed E-state index contributed by atoms with van der Waals surface area (Å²) in [4.78, 5) is 18.4. The molecule has 0 aromatic heterocycles. The first-order chi connectivity index (χ1) is 9.06. The smallest absolute Gasteiger partial charge is 0.237 e. The monoisotopic (exact) mass is 269 g/mol. The van der Waals surface area contributed by atoms with Crippen LogP contribution in [0.5, 0.6) is 0 Å². The van der Waals surface area contributed by atoms with Crippen LogP contribution >= 0.6 is 0 Å². The van der Waals surface area contributed by atoms with Crippen LogP contribution in [-0.4, -0.2) is 84.7 Å². The Morgan fingerprint density at radius 2 is 1.84 bits per heavy atom. The number of carbonyl (C=O) groups excluding carboxylic acids is 1.